The highest BCUT2D eigenvalue weighted by Gasteiger charge is 2.33. The third-order valence-corrected chi connectivity index (χ3v) is 5.87. The fourth-order valence-electron chi connectivity index (χ4n) is 4.35. The third kappa shape index (κ3) is 4.86. The van der Waals surface area contributed by atoms with Crippen molar-refractivity contribution >= 4 is 36.5 Å². The fraction of sp³-hybridized carbons (Fsp3) is 0.280. The molecule has 0 atom stereocenters. The van der Waals surface area contributed by atoms with Gasteiger partial charge in [0.25, 0.3) is 11.8 Å². The minimum absolute atomic E-state index is 0.00154. The quantitative estimate of drug-likeness (QED) is 0.427. The van der Waals surface area contributed by atoms with Crippen LogP contribution in [0.25, 0.3) is 5.57 Å². The number of benzene rings is 1. The lowest BCUT2D eigenvalue weighted by Gasteiger charge is -2.17. The summed E-state index contributed by atoms with van der Waals surface area (Å²) in [6, 6.07) is 8.30. The number of rotatable bonds is 7. The highest BCUT2D eigenvalue weighted by atomic mass is 19.2. The predicted octanol–water partition coefficient (Wildman–Crippen LogP) is 4.04. The normalized spacial score (nSPS) is 16.8. The summed E-state index contributed by atoms with van der Waals surface area (Å²) in [5.41, 5.74) is 4.94. The number of halogens is 2. The summed E-state index contributed by atoms with van der Waals surface area (Å²) in [6.45, 7) is 6.62. The van der Waals surface area contributed by atoms with E-state index in [1.807, 2.05) is 19.9 Å². The zero-order valence-electron chi connectivity index (χ0n) is 20.3. The molecule has 1 aromatic carbocycles. The van der Waals surface area contributed by atoms with Crippen LogP contribution in [0, 0.1) is 13.8 Å². The molecular weight excluding hydrogens is 471 g/mol. The topological polar surface area (TPSA) is 90.2 Å². The number of imide groups is 1. The van der Waals surface area contributed by atoms with Crippen LogP contribution in [0.3, 0.4) is 0 Å². The molecular formula is C25H24BF2N3O5. The molecule has 1 saturated heterocycles. The number of amides is 2. The molecule has 2 aliphatic heterocycles. The van der Waals surface area contributed by atoms with Crippen molar-refractivity contribution in [3.63, 3.8) is 0 Å². The number of hydroxylamine groups is 2. The molecule has 0 saturated carbocycles. The van der Waals surface area contributed by atoms with Crippen molar-refractivity contribution < 1.29 is 32.6 Å². The van der Waals surface area contributed by atoms with E-state index in [0.717, 1.165) is 15.8 Å². The second-order valence-electron chi connectivity index (χ2n) is 8.63. The average Bonchev–Trinajstić information content (AvgIpc) is 3.42. The van der Waals surface area contributed by atoms with Gasteiger partial charge in [0.2, 0.25) is 0 Å². The second kappa shape index (κ2) is 9.92. The third-order valence-electron chi connectivity index (χ3n) is 5.87. The Balaban J connectivity index is 1.61. The summed E-state index contributed by atoms with van der Waals surface area (Å²) in [5.74, 6) is -1.74. The number of carbonyl (C=O) groups excluding carboxylic acids is 3. The summed E-state index contributed by atoms with van der Waals surface area (Å²) in [7, 11) is -2.73. The van der Waals surface area contributed by atoms with Gasteiger partial charge in [-0.25, -0.2) is 4.79 Å². The van der Waals surface area contributed by atoms with Crippen LogP contribution < -0.4 is 4.74 Å². The minimum atomic E-state index is -2.73. The first-order valence-electron chi connectivity index (χ1n) is 11.3. The molecule has 2 aromatic rings. The van der Waals surface area contributed by atoms with Crippen molar-refractivity contribution in [1.29, 1.82) is 0 Å². The van der Waals surface area contributed by atoms with Crippen LogP contribution in [0.4, 0.5) is 8.63 Å². The number of aryl methyl sites for hydroxylation is 2. The van der Waals surface area contributed by atoms with Crippen LogP contribution in [0.2, 0.25) is 0 Å². The molecule has 0 aliphatic carbocycles. The number of allylic oxidation sites excluding steroid dienone is 2. The molecule has 2 amide bonds. The standard InChI is InChI=1S/C25H24BF2N3O5/c1-14-11-16(3)29-24(14)23(25-15(2)12-17(4)30(25)26(27)28)18-5-7-19(8-6-18)35-13-22(34)36-31-20(32)9-10-21(31)33/h5-8,11-12H,9-10,13H2,1-4H3/b24-23-. The largest absolute Gasteiger partial charge is 0.677 e. The molecule has 0 N–H and O–H groups in total. The molecule has 3 heterocycles. The molecule has 1 fully saturated rings. The van der Waals surface area contributed by atoms with Gasteiger partial charge in [0.15, 0.2) is 6.61 Å². The highest BCUT2D eigenvalue weighted by Crippen LogP contribution is 2.37. The van der Waals surface area contributed by atoms with E-state index in [9.17, 15) is 23.0 Å². The van der Waals surface area contributed by atoms with Crippen molar-refractivity contribution in [2.75, 3.05) is 6.61 Å². The smallest absolute Gasteiger partial charge is 0.482 e. The Hall–Kier alpha value is -4.02. The minimum Gasteiger partial charge on any atom is -0.482 e. The summed E-state index contributed by atoms with van der Waals surface area (Å²) in [5, 5.41) is 0.454. The number of aliphatic imine (C=N–C) groups is 1. The maximum Gasteiger partial charge on any atom is 0.677 e. The van der Waals surface area contributed by atoms with Gasteiger partial charge in [0.1, 0.15) is 5.75 Å². The van der Waals surface area contributed by atoms with Crippen LogP contribution in [0.5, 0.6) is 5.75 Å². The number of hydrogen-bond acceptors (Lipinski definition) is 6. The molecule has 11 heteroatoms. The van der Waals surface area contributed by atoms with Gasteiger partial charge in [-0.05, 0) is 68.7 Å². The molecule has 8 nitrogen and oxygen atoms in total. The van der Waals surface area contributed by atoms with Gasteiger partial charge in [-0.1, -0.05) is 12.1 Å². The molecule has 0 spiro atoms. The summed E-state index contributed by atoms with van der Waals surface area (Å²) >= 11 is 0. The van der Waals surface area contributed by atoms with Crippen LogP contribution in [-0.4, -0.2) is 47.0 Å². The van der Waals surface area contributed by atoms with Gasteiger partial charge in [0.05, 0.1) is 5.70 Å². The molecule has 0 radical (unpaired) electrons. The van der Waals surface area contributed by atoms with E-state index in [2.05, 4.69) is 4.99 Å². The Kier molecular flexibility index (Phi) is 6.92. The monoisotopic (exact) mass is 495 g/mol. The van der Waals surface area contributed by atoms with E-state index < -0.39 is 31.8 Å². The Labute approximate surface area is 207 Å². The van der Waals surface area contributed by atoms with E-state index in [1.165, 1.54) is 0 Å². The number of aromatic nitrogens is 1. The van der Waals surface area contributed by atoms with Gasteiger partial charge >= 0.3 is 13.4 Å². The maximum atomic E-state index is 14.1. The van der Waals surface area contributed by atoms with E-state index in [0.29, 0.717) is 44.6 Å². The van der Waals surface area contributed by atoms with E-state index >= 15 is 0 Å². The van der Waals surface area contributed by atoms with Crippen LogP contribution in [0.1, 0.15) is 49.2 Å². The maximum absolute atomic E-state index is 14.1. The first kappa shape index (κ1) is 25.1. The molecule has 1 aromatic heterocycles. The van der Waals surface area contributed by atoms with E-state index in [4.69, 9.17) is 9.57 Å². The lowest BCUT2D eigenvalue weighted by atomic mass is 9.94. The number of ether oxygens (including phenoxy) is 1. The van der Waals surface area contributed by atoms with Gasteiger partial charge in [-0.15, -0.1) is 5.06 Å². The Morgan fingerprint density at radius 1 is 1.06 bits per heavy atom. The van der Waals surface area contributed by atoms with Crippen molar-refractivity contribution in [1.82, 2.24) is 9.54 Å². The van der Waals surface area contributed by atoms with Crippen LogP contribution >= 0.6 is 0 Å². The average molecular weight is 495 g/mol. The Morgan fingerprint density at radius 2 is 1.69 bits per heavy atom. The first-order chi connectivity index (χ1) is 17.1. The van der Waals surface area contributed by atoms with Crippen LogP contribution in [-0.2, 0) is 19.2 Å². The summed E-state index contributed by atoms with van der Waals surface area (Å²) in [6.07, 6.45) is 1.89. The Morgan fingerprint density at radius 3 is 2.25 bits per heavy atom. The van der Waals surface area contributed by atoms with E-state index in [1.54, 1.807) is 44.2 Å². The zero-order chi connectivity index (χ0) is 26.1. The van der Waals surface area contributed by atoms with Crippen molar-refractivity contribution in [3.8, 4) is 5.75 Å². The van der Waals surface area contributed by atoms with Gasteiger partial charge in [-0.2, -0.15) is 0 Å². The van der Waals surface area contributed by atoms with Crippen molar-refractivity contribution in [2.24, 2.45) is 4.99 Å². The van der Waals surface area contributed by atoms with Crippen LogP contribution in [0.15, 0.2) is 52.7 Å². The second-order valence-corrected chi connectivity index (χ2v) is 8.63. The molecule has 2 aliphatic rings. The summed E-state index contributed by atoms with van der Waals surface area (Å²) in [4.78, 5) is 44.6. The Bertz CT molecular complexity index is 1330. The number of hydrogen-bond donors (Lipinski definition) is 0. The number of nitrogens with zero attached hydrogens (tertiary/aromatic N) is 3. The zero-order valence-corrected chi connectivity index (χ0v) is 20.3. The van der Waals surface area contributed by atoms with Gasteiger partial charge in [-0.3, -0.25) is 23.2 Å². The summed E-state index contributed by atoms with van der Waals surface area (Å²) < 4.78 is 34.5. The SMILES string of the molecule is CC1=CC(C)=N/C1=C(/c1ccc(OCC(=O)ON2C(=O)CCC2=O)cc1)c1c(C)cc(C)n1B(F)F. The number of carbonyl (C=O) groups is 3. The molecule has 0 unspecified atom stereocenters. The van der Waals surface area contributed by atoms with E-state index in [-0.39, 0.29) is 12.8 Å². The fourth-order valence-corrected chi connectivity index (χ4v) is 4.35. The molecule has 36 heavy (non-hydrogen) atoms. The lowest BCUT2D eigenvalue weighted by Crippen LogP contribution is -2.33. The molecule has 0 bridgehead atoms. The van der Waals surface area contributed by atoms with Gasteiger partial charge < -0.3 is 14.1 Å². The predicted molar refractivity (Wildman–Crippen MR) is 129 cm³/mol. The lowest BCUT2D eigenvalue weighted by molar-refractivity contribution is -0.198. The molecule has 186 valence electrons. The molecule has 4 rings (SSSR count). The first-order valence-corrected chi connectivity index (χ1v) is 11.3. The van der Waals surface area contributed by atoms with Crippen molar-refractivity contribution in [3.05, 3.63) is 70.2 Å². The van der Waals surface area contributed by atoms with Crippen molar-refractivity contribution in [2.45, 2.75) is 40.5 Å². The highest BCUT2D eigenvalue weighted by molar-refractivity contribution is 6.41. The van der Waals surface area contributed by atoms with Gasteiger partial charge in [0, 0.05) is 35.5 Å².